The molecule has 4 rings (SSSR count). The zero-order chi connectivity index (χ0) is 19.5. The Morgan fingerprint density at radius 2 is 2.18 bits per heavy atom. The van der Waals surface area contributed by atoms with Crippen LogP contribution in [0.25, 0.3) is 0 Å². The van der Waals surface area contributed by atoms with E-state index in [1.54, 1.807) is 11.3 Å². The lowest BCUT2D eigenvalue weighted by Gasteiger charge is -2.32. The summed E-state index contributed by atoms with van der Waals surface area (Å²) >= 11 is 1.65. The summed E-state index contributed by atoms with van der Waals surface area (Å²) in [4.78, 5) is 12.9. The molecule has 1 atom stereocenters. The average molecular weight is 399 g/mol. The van der Waals surface area contributed by atoms with Crippen molar-refractivity contribution < 1.29 is 4.74 Å². The van der Waals surface area contributed by atoms with Gasteiger partial charge in [-0.2, -0.15) is 5.10 Å². The maximum absolute atomic E-state index is 6.02. The van der Waals surface area contributed by atoms with Crippen molar-refractivity contribution in [2.75, 3.05) is 25.0 Å². The van der Waals surface area contributed by atoms with Gasteiger partial charge < -0.3 is 10.1 Å². The van der Waals surface area contributed by atoms with E-state index in [0.717, 1.165) is 48.5 Å². The number of ether oxygens (including phenoxy) is 1. The van der Waals surface area contributed by atoms with Gasteiger partial charge in [0, 0.05) is 42.8 Å². The number of morpholine rings is 1. The number of aryl methyl sites for hydroxylation is 3. The van der Waals surface area contributed by atoms with E-state index in [2.05, 4.69) is 40.3 Å². The highest BCUT2D eigenvalue weighted by Crippen LogP contribution is 2.26. The molecule has 1 N–H and O–H groups in total. The van der Waals surface area contributed by atoms with E-state index in [1.807, 2.05) is 36.0 Å². The summed E-state index contributed by atoms with van der Waals surface area (Å²) in [6.45, 7) is 10.4. The number of nitrogens with one attached hydrogen (secondary N) is 1. The molecule has 1 unspecified atom stereocenters. The van der Waals surface area contributed by atoms with Crippen molar-refractivity contribution in [2.24, 2.45) is 0 Å². The molecule has 0 radical (unpaired) electrons. The molecule has 1 fully saturated rings. The van der Waals surface area contributed by atoms with Gasteiger partial charge in [-0.15, -0.1) is 11.3 Å². The molecule has 0 aromatic carbocycles. The highest BCUT2D eigenvalue weighted by Gasteiger charge is 2.23. The Labute approximate surface area is 169 Å². The molecule has 0 aliphatic carbocycles. The third-order valence-corrected chi connectivity index (χ3v) is 5.92. The van der Waals surface area contributed by atoms with Crippen LogP contribution in [-0.2, 0) is 17.8 Å². The number of hydrogen-bond donors (Lipinski definition) is 1. The van der Waals surface area contributed by atoms with Crippen LogP contribution in [0.2, 0.25) is 0 Å². The molecule has 1 aliphatic heterocycles. The molecular weight excluding hydrogens is 372 g/mol. The van der Waals surface area contributed by atoms with Gasteiger partial charge in [0.1, 0.15) is 11.9 Å². The molecule has 8 heteroatoms. The van der Waals surface area contributed by atoms with Crippen LogP contribution < -0.4 is 5.32 Å². The van der Waals surface area contributed by atoms with Crippen molar-refractivity contribution in [2.45, 2.75) is 40.0 Å². The van der Waals surface area contributed by atoms with E-state index in [4.69, 9.17) is 9.72 Å². The van der Waals surface area contributed by atoms with Gasteiger partial charge in [-0.25, -0.2) is 9.97 Å². The molecule has 0 saturated carbocycles. The smallest absolute Gasteiger partial charge is 0.188 e. The quantitative estimate of drug-likeness (QED) is 0.683. The minimum Gasteiger partial charge on any atom is -0.369 e. The summed E-state index contributed by atoms with van der Waals surface area (Å²) in [6, 6.07) is 6.02. The van der Waals surface area contributed by atoms with E-state index in [9.17, 15) is 0 Å². The van der Waals surface area contributed by atoms with Crippen LogP contribution in [-0.4, -0.2) is 44.3 Å². The van der Waals surface area contributed by atoms with Crippen molar-refractivity contribution in [3.63, 3.8) is 0 Å². The average Bonchev–Trinajstić information content (AvgIpc) is 3.28. The first kappa shape index (κ1) is 19.0. The second-order valence-electron chi connectivity index (χ2n) is 7.03. The lowest BCUT2D eigenvalue weighted by atomic mass is 10.1. The van der Waals surface area contributed by atoms with E-state index in [1.165, 1.54) is 10.4 Å². The molecule has 0 spiro atoms. The summed E-state index contributed by atoms with van der Waals surface area (Å²) in [7, 11) is 0. The SMILES string of the molecule is CCn1cc(CN2CCOC(c3cccc(Nc4nc(C)c(C)s4)n3)C2)cn1. The van der Waals surface area contributed by atoms with E-state index >= 15 is 0 Å². The van der Waals surface area contributed by atoms with Gasteiger partial charge in [0.15, 0.2) is 5.13 Å². The van der Waals surface area contributed by atoms with E-state index < -0.39 is 0 Å². The minimum absolute atomic E-state index is 0.0310. The Morgan fingerprint density at radius 3 is 2.93 bits per heavy atom. The van der Waals surface area contributed by atoms with Gasteiger partial charge in [-0.3, -0.25) is 9.58 Å². The molecule has 4 heterocycles. The fraction of sp³-hybridized carbons (Fsp3) is 0.450. The summed E-state index contributed by atoms with van der Waals surface area (Å²) < 4.78 is 7.99. The molecule has 3 aromatic rings. The van der Waals surface area contributed by atoms with Crippen LogP contribution in [0.5, 0.6) is 0 Å². The molecule has 3 aromatic heterocycles. The molecule has 0 amide bonds. The first-order valence-corrected chi connectivity index (χ1v) is 10.5. The topological polar surface area (TPSA) is 68.1 Å². The third-order valence-electron chi connectivity index (χ3n) is 4.93. The first-order chi connectivity index (χ1) is 13.6. The fourth-order valence-corrected chi connectivity index (χ4v) is 4.10. The van der Waals surface area contributed by atoms with Crippen molar-refractivity contribution in [3.8, 4) is 0 Å². The predicted molar refractivity (Wildman–Crippen MR) is 111 cm³/mol. The van der Waals surface area contributed by atoms with Crippen LogP contribution in [0.3, 0.4) is 0 Å². The molecule has 7 nitrogen and oxygen atoms in total. The Hall–Kier alpha value is -2.29. The lowest BCUT2D eigenvalue weighted by molar-refractivity contribution is -0.0349. The predicted octanol–water partition coefficient (Wildman–Crippen LogP) is 3.69. The van der Waals surface area contributed by atoms with Crippen LogP contribution in [0.4, 0.5) is 10.9 Å². The van der Waals surface area contributed by atoms with Crippen molar-refractivity contribution in [3.05, 3.63) is 52.4 Å². The summed E-state index contributed by atoms with van der Waals surface area (Å²) in [6.07, 6.45) is 4.04. The minimum atomic E-state index is -0.0310. The van der Waals surface area contributed by atoms with Gasteiger partial charge >= 0.3 is 0 Å². The maximum atomic E-state index is 6.02. The zero-order valence-electron chi connectivity index (χ0n) is 16.6. The second-order valence-corrected chi connectivity index (χ2v) is 8.24. The monoisotopic (exact) mass is 398 g/mol. The second kappa shape index (κ2) is 8.38. The maximum Gasteiger partial charge on any atom is 0.188 e. The molecule has 148 valence electrons. The largest absolute Gasteiger partial charge is 0.369 e. The van der Waals surface area contributed by atoms with Gasteiger partial charge in [0.2, 0.25) is 0 Å². The van der Waals surface area contributed by atoms with Gasteiger partial charge in [0.25, 0.3) is 0 Å². The number of nitrogens with zero attached hydrogens (tertiary/aromatic N) is 5. The molecule has 1 saturated heterocycles. The number of rotatable bonds is 6. The number of aromatic nitrogens is 4. The normalized spacial score (nSPS) is 17.8. The van der Waals surface area contributed by atoms with Crippen LogP contribution in [0.1, 0.15) is 34.9 Å². The summed E-state index contributed by atoms with van der Waals surface area (Å²) in [5.41, 5.74) is 3.24. The Morgan fingerprint density at radius 1 is 1.29 bits per heavy atom. The number of hydrogen-bond acceptors (Lipinski definition) is 7. The standard InChI is InChI=1S/C20H26N6OS/c1-4-26-12-16(10-21-26)11-25-8-9-27-18(13-25)17-6-5-7-19(23-17)24-20-22-14(2)15(3)28-20/h5-7,10,12,18H,4,8-9,11,13H2,1-3H3,(H,22,23,24). The van der Waals surface area contributed by atoms with Crippen LogP contribution in [0, 0.1) is 13.8 Å². The molecular formula is C20H26N6OS. The van der Waals surface area contributed by atoms with Crippen molar-refractivity contribution >= 4 is 22.3 Å². The fourth-order valence-electron chi connectivity index (χ4n) is 3.28. The van der Waals surface area contributed by atoms with Gasteiger partial charge in [0.05, 0.1) is 24.2 Å². The van der Waals surface area contributed by atoms with Gasteiger partial charge in [-0.1, -0.05) is 6.07 Å². The number of thiazole rings is 1. The van der Waals surface area contributed by atoms with Crippen LogP contribution in [0.15, 0.2) is 30.6 Å². The Kier molecular flexibility index (Phi) is 5.70. The van der Waals surface area contributed by atoms with E-state index in [0.29, 0.717) is 6.61 Å². The number of pyridine rings is 1. The van der Waals surface area contributed by atoms with Crippen LogP contribution >= 0.6 is 11.3 Å². The Bertz CT molecular complexity index is 917. The Balaban J connectivity index is 1.43. The summed E-state index contributed by atoms with van der Waals surface area (Å²) in [5, 5.41) is 8.57. The van der Waals surface area contributed by atoms with Crippen molar-refractivity contribution in [1.29, 1.82) is 0 Å². The third kappa shape index (κ3) is 4.40. The molecule has 28 heavy (non-hydrogen) atoms. The molecule has 0 bridgehead atoms. The first-order valence-electron chi connectivity index (χ1n) is 9.64. The zero-order valence-corrected chi connectivity index (χ0v) is 17.4. The summed E-state index contributed by atoms with van der Waals surface area (Å²) in [5.74, 6) is 0.802. The highest BCUT2D eigenvalue weighted by atomic mass is 32.1. The number of anilines is 2. The highest BCUT2D eigenvalue weighted by molar-refractivity contribution is 7.15. The van der Waals surface area contributed by atoms with Gasteiger partial charge in [-0.05, 0) is 32.9 Å². The van der Waals surface area contributed by atoms with E-state index in [-0.39, 0.29) is 6.10 Å². The molecule has 1 aliphatic rings. The van der Waals surface area contributed by atoms with Crippen molar-refractivity contribution in [1.82, 2.24) is 24.6 Å². The lowest BCUT2D eigenvalue weighted by Crippen LogP contribution is -2.38.